The first-order valence-corrected chi connectivity index (χ1v) is 9.96. The lowest BCUT2D eigenvalue weighted by Crippen LogP contribution is -2.15. The van der Waals surface area contributed by atoms with Crippen LogP contribution in [0.3, 0.4) is 0 Å². The molecule has 1 amide bonds. The highest BCUT2D eigenvalue weighted by molar-refractivity contribution is 7.12. The first-order chi connectivity index (χ1) is 14.0. The highest BCUT2D eigenvalue weighted by Gasteiger charge is 2.15. The maximum Gasteiger partial charge on any atom is 0.256 e. The molecule has 0 saturated heterocycles. The lowest BCUT2D eigenvalue weighted by atomic mass is 10.1. The maximum atomic E-state index is 12.7. The summed E-state index contributed by atoms with van der Waals surface area (Å²) >= 11 is 1.48. The Bertz CT molecular complexity index is 1160. The molecule has 29 heavy (non-hydrogen) atoms. The second-order valence-corrected chi connectivity index (χ2v) is 7.49. The predicted octanol–water partition coefficient (Wildman–Crippen LogP) is 4.87. The first kappa shape index (κ1) is 18.9. The van der Waals surface area contributed by atoms with Crippen molar-refractivity contribution in [3.05, 3.63) is 76.8 Å². The molecule has 2 aromatic carbocycles. The third-order valence-electron chi connectivity index (χ3n) is 4.43. The van der Waals surface area contributed by atoms with Crippen molar-refractivity contribution in [2.24, 2.45) is 0 Å². The van der Waals surface area contributed by atoms with Crippen LogP contribution in [0.15, 0.2) is 60.0 Å². The number of benzene rings is 2. The van der Waals surface area contributed by atoms with Crippen LogP contribution in [0.2, 0.25) is 0 Å². The number of carbonyl (C=O) groups is 1. The second kappa shape index (κ2) is 7.89. The van der Waals surface area contributed by atoms with E-state index < -0.39 is 0 Å². The summed E-state index contributed by atoms with van der Waals surface area (Å²) in [7, 11) is 1.57. The molecule has 6 nitrogen and oxygen atoms in total. The number of aryl methyl sites for hydroxylation is 2. The number of aromatic nitrogens is 3. The molecular weight excluding hydrogens is 384 g/mol. The molecule has 2 aromatic heterocycles. The zero-order chi connectivity index (χ0) is 20.4. The van der Waals surface area contributed by atoms with Crippen molar-refractivity contribution in [3.8, 4) is 22.1 Å². The monoisotopic (exact) mass is 404 g/mol. The Morgan fingerprint density at radius 1 is 1.10 bits per heavy atom. The van der Waals surface area contributed by atoms with Gasteiger partial charge in [-0.15, -0.1) is 11.3 Å². The average molecular weight is 404 g/mol. The van der Waals surface area contributed by atoms with Gasteiger partial charge in [-0.25, -0.2) is 4.98 Å². The fourth-order valence-electron chi connectivity index (χ4n) is 2.91. The molecule has 146 valence electrons. The van der Waals surface area contributed by atoms with E-state index in [0.717, 1.165) is 17.0 Å². The minimum atomic E-state index is -0.236. The molecule has 0 radical (unpaired) electrons. The Kier molecular flexibility index (Phi) is 5.14. The third kappa shape index (κ3) is 4.05. The number of amides is 1. The summed E-state index contributed by atoms with van der Waals surface area (Å²) in [6.45, 7) is 3.94. The molecule has 4 aromatic rings. The van der Waals surface area contributed by atoms with Crippen molar-refractivity contribution in [3.63, 3.8) is 0 Å². The van der Waals surface area contributed by atoms with Crippen molar-refractivity contribution >= 4 is 23.1 Å². The van der Waals surface area contributed by atoms with E-state index in [1.807, 2.05) is 30.5 Å². The van der Waals surface area contributed by atoms with Gasteiger partial charge < -0.3 is 10.1 Å². The van der Waals surface area contributed by atoms with E-state index in [4.69, 9.17) is 9.72 Å². The van der Waals surface area contributed by atoms with Gasteiger partial charge in [-0.2, -0.15) is 9.78 Å². The SMILES string of the molecule is COc1cccc(C(=O)Nc2cc(C)nn2-c2nc(-c3ccc(C)cc3)cs2)c1. The minimum Gasteiger partial charge on any atom is -0.497 e. The molecule has 0 aliphatic heterocycles. The third-order valence-corrected chi connectivity index (χ3v) is 5.24. The Morgan fingerprint density at radius 3 is 2.66 bits per heavy atom. The van der Waals surface area contributed by atoms with Crippen LogP contribution in [0, 0.1) is 13.8 Å². The van der Waals surface area contributed by atoms with Crippen molar-refractivity contribution < 1.29 is 9.53 Å². The quantitative estimate of drug-likeness (QED) is 0.515. The summed E-state index contributed by atoms with van der Waals surface area (Å²) < 4.78 is 6.86. The van der Waals surface area contributed by atoms with Gasteiger partial charge in [0.2, 0.25) is 5.13 Å². The lowest BCUT2D eigenvalue weighted by Gasteiger charge is -2.07. The van der Waals surface area contributed by atoms with Crippen LogP contribution in [0.1, 0.15) is 21.6 Å². The number of carbonyl (C=O) groups excluding carboxylic acids is 1. The topological polar surface area (TPSA) is 69.0 Å². The van der Waals surface area contributed by atoms with Gasteiger partial charge in [-0.1, -0.05) is 35.9 Å². The van der Waals surface area contributed by atoms with Gasteiger partial charge in [0.1, 0.15) is 11.6 Å². The number of thiazole rings is 1. The van der Waals surface area contributed by atoms with Crippen LogP contribution in [0.4, 0.5) is 5.82 Å². The number of ether oxygens (including phenoxy) is 1. The van der Waals surface area contributed by atoms with Crippen molar-refractivity contribution in [1.29, 1.82) is 0 Å². The van der Waals surface area contributed by atoms with Crippen LogP contribution >= 0.6 is 11.3 Å². The molecule has 0 fully saturated rings. The van der Waals surface area contributed by atoms with Crippen LogP contribution in [-0.4, -0.2) is 27.8 Å². The zero-order valence-corrected chi connectivity index (χ0v) is 17.2. The molecule has 0 unspecified atom stereocenters. The average Bonchev–Trinajstić information content (AvgIpc) is 3.35. The lowest BCUT2D eigenvalue weighted by molar-refractivity contribution is 0.102. The van der Waals surface area contributed by atoms with Crippen LogP contribution < -0.4 is 10.1 Å². The van der Waals surface area contributed by atoms with Crippen LogP contribution in [0.5, 0.6) is 5.75 Å². The van der Waals surface area contributed by atoms with Crippen LogP contribution in [-0.2, 0) is 0 Å². The molecule has 4 rings (SSSR count). The van der Waals surface area contributed by atoms with E-state index in [9.17, 15) is 4.79 Å². The van der Waals surface area contributed by atoms with E-state index in [1.165, 1.54) is 16.9 Å². The number of hydrogen-bond acceptors (Lipinski definition) is 5. The zero-order valence-electron chi connectivity index (χ0n) is 16.3. The molecule has 0 spiro atoms. The first-order valence-electron chi connectivity index (χ1n) is 9.08. The molecule has 7 heteroatoms. The highest BCUT2D eigenvalue weighted by atomic mass is 32.1. The molecular formula is C22H20N4O2S. The molecule has 0 aliphatic rings. The summed E-state index contributed by atoms with van der Waals surface area (Å²) in [4.78, 5) is 17.4. The minimum absolute atomic E-state index is 0.236. The van der Waals surface area contributed by atoms with E-state index in [0.29, 0.717) is 22.3 Å². The molecule has 0 aliphatic carbocycles. The number of anilines is 1. The number of nitrogens with zero attached hydrogens (tertiary/aromatic N) is 3. The van der Waals surface area contributed by atoms with E-state index in [1.54, 1.807) is 36.1 Å². The summed E-state index contributed by atoms with van der Waals surface area (Å²) in [5.74, 6) is 0.963. The Balaban J connectivity index is 1.62. The van der Waals surface area contributed by atoms with E-state index in [-0.39, 0.29) is 5.91 Å². The highest BCUT2D eigenvalue weighted by Crippen LogP contribution is 2.27. The largest absolute Gasteiger partial charge is 0.497 e. The van der Waals surface area contributed by atoms with Crippen LogP contribution in [0.25, 0.3) is 16.4 Å². The number of hydrogen-bond donors (Lipinski definition) is 1. The Morgan fingerprint density at radius 2 is 1.90 bits per heavy atom. The number of methoxy groups -OCH3 is 1. The summed E-state index contributed by atoms with van der Waals surface area (Å²) in [5, 5.41) is 10.1. The molecule has 1 N–H and O–H groups in total. The van der Waals surface area contributed by atoms with E-state index >= 15 is 0 Å². The van der Waals surface area contributed by atoms with Gasteiger partial charge >= 0.3 is 0 Å². The smallest absolute Gasteiger partial charge is 0.256 e. The summed E-state index contributed by atoms with van der Waals surface area (Å²) in [5.41, 5.74) is 4.42. The molecule has 0 bridgehead atoms. The molecule has 2 heterocycles. The standard InChI is InChI=1S/C22H20N4O2S/c1-14-7-9-16(10-8-14)19-13-29-22(23-19)26-20(11-15(2)25-26)24-21(27)17-5-4-6-18(12-17)28-3/h4-13H,1-3H3,(H,24,27). The fourth-order valence-corrected chi connectivity index (χ4v) is 3.70. The van der Waals surface area contributed by atoms with Crippen molar-refractivity contribution in [2.75, 3.05) is 12.4 Å². The second-order valence-electron chi connectivity index (χ2n) is 6.65. The predicted molar refractivity (Wildman–Crippen MR) is 115 cm³/mol. The fraction of sp³-hybridized carbons (Fsp3) is 0.136. The van der Waals surface area contributed by atoms with Gasteiger partial charge in [0.15, 0.2) is 0 Å². The van der Waals surface area contributed by atoms with E-state index in [2.05, 4.69) is 29.5 Å². The number of rotatable bonds is 5. The molecule has 0 saturated carbocycles. The summed E-state index contributed by atoms with van der Waals surface area (Å²) in [6.07, 6.45) is 0. The van der Waals surface area contributed by atoms with Crippen molar-refractivity contribution in [1.82, 2.24) is 14.8 Å². The van der Waals surface area contributed by atoms with Gasteiger partial charge in [0, 0.05) is 22.6 Å². The van der Waals surface area contributed by atoms with Gasteiger partial charge in [-0.05, 0) is 32.0 Å². The maximum absolute atomic E-state index is 12.7. The number of nitrogens with one attached hydrogen (secondary N) is 1. The Labute approximate surface area is 172 Å². The molecule has 0 atom stereocenters. The van der Waals surface area contributed by atoms with Gasteiger partial charge in [0.05, 0.1) is 18.5 Å². The normalized spacial score (nSPS) is 10.7. The van der Waals surface area contributed by atoms with Gasteiger partial charge in [0.25, 0.3) is 5.91 Å². The van der Waals surface area contributed by atoms with Gasteiger partial charge in [-0.3, -0.25) is 4.79 Å². The van der Waals surface area contributed by atoms with Crippen molar-refractivity contribution in [2.45, 2.75) is 13.8 Å². The Hall–Kier alpha value is -3.45. The summed E-state index contributed by atoms with van der Waals surface area (Å²) in [6, 6.07) is 17.1.